The Labute approximate surface area is 114 Å². The van der Waals surface area contributed by atoms with Crippen molar-refractivity contribution in [3.05, 3.63) is 18.2 Å². The molecule has 0 bridgehead atoms. The lowest BCUT2D eigenvalue weighted by atomic mass is 9.91. The molecule has 19 heavy (non-hydrogen) atoms. The Morgan fingerprint density at radius 1 is 1.32 bits per heavy atom. The van der Waals surface area contributed by atoms with Crippen molar-refractivity contribution in [3.8, 4) is 0 Å². The van der Waals surface area contributed by atoms with Crippen molar-refractivity contribution in [2.45, 2.75) is 37.6 Å². The second-order valence-corrected chi connectivity index (χ2v) is 6.86. The van der Waals surface area contributed by atoms with E-state index in [1.165, 1.54) is 6.07 Å². The smallest absolute Gasteiger partial charge is 0.240 e. The van der Waals surface area contributed by atoms with Gasteiger partial charge >= 0.3 is 0 Å². The third kappa shape index (κ3) is 2.84. The van der Waals surface area contributed by atoms with Gasteiger partial charge in [0.05, 0.1) is 5.69 Å². The minimum absolute atomic E-state index is 0.119. The van der Waals surface area contributed by atoms with Gasteiger partial charge in [0.1, 0.15) is 4.90 Å². The normalized spacial score (nSPS) is 24.5. The van der Waals surface area contributed by atoms with Gasteiger partial charge in [0.2, 0.25) is 10.0 Å². The SMILES string of the molecule is CC1CCCN(c2ccc(N)cc2S(N)(=O)=O)C1C. The summed E-state index contributed by atoms with van der Waals surface area (Å²) in [5.74, 6) is 0.527. The first kappa shape index (κ1) is 14.1. The van der Waals surface area contributed by atoms with Crippen LogP contribution in [0.2, 0.25) is 0 Å². The second kappa shape index (κ2) is 5.02. The van der Waals surface area contributed by atoms with Gasteiger partial charge in [0, 0.05) is 18.3 Å². The number of primary sulfonamides is 1. The van der Waals surface area contributed by atoms with Gasteiger partial charge in [-0.15, -0.1) is 0 Å². The van der Waals surface area contributed by atoms with Gasteiger partial charge in [-0.25, -0.2) is 13.6 Å². The van der Waals surface area contributed by atoms with E-state index in [2.05, 4.69) is 18.7 Å². The van der Waals surface area contributed by atoms with Crippen LogP contribution in [0.5, 0.6) is 0 Å². The zero-order chi connectivity index (χ0) is 14.2. The number of sulfonamides is 1. The fourth-order valence-electron chi connectivity index (χ4n) is 2.67. The summed E-state index contributed by atoms with van der Waals surface area (Å²) in [6.45, 7) is 5.15. The molecular weight excluding hydrogens is 262 g/mol. The van der Waals surface area contributed by atoms with Gasteiger partial charge < -0.3 is 10.6 Å². The Bertz CT molecular complexity index is 571. The summed E-state index contributed by atoms with van der Waals surface area (Å²) in [6.07, 6.45) is 2.22. The third-order valence-electron chi connectivity index (χ3n) is 3.97. The van der Waals surface area contributed by atoms with Gasteiger partial charge in [-0.05, 0) is 43.9 Å². The minimum atomic E-state index is -3.77. The lowest BCUT2D eigenvalue weighted by Gasteiger charge is -2.40. The maximum absolute atomic E-state index is 11.7. The van der Waals surface area contributed by atoms with Gasteiger partial charge in [-0.1, -0.05) is 6.92 Å². The van der Waals surface area contributed by atoms with Crippen LogP contribution in [-0.4, -0.2) is 21.0 Å². The van der Waals surface area contributed by atoms with Gasteiger partial charge in [0.15, 0.2) is 0 Å². The van der Waals surface area contributed by atoms with E-state index in [4.69, 9.17) is 10.9 Å². The zero-order valence-electron chi connectivity index (χ0n) is 11.3. The number of benzene rings is 1. The van der Waals surface area contributed by atoms with E-state index < -0.39 is 10.0 Å². The summed E-state index contributed by atoms with van der Waals surface area (Å²) < 4.78 is 23.5. The molecular formula is C13H21N3O2S. The summed E-state index contributed by atoms with van der Waals surface area (Å²) in [4.78, 5) is 2.24. The standard InChI is InChI=1S/C13H21N3O2S/c1-9-4-3-7-16(10(9)2)12-6-5-11(14)8-13(12)19(15,17)18/h5-6,8-10H,3-4,7,14H2,1-2H3,(H2,15,17,18). The summed E-state index contributed by atoms with van der Waals surface area (Å²) in [7, 11) is -3.77. The van der Waals surface area contributed by atoms with Crippen molar-refractivity contribution in [2.24, 2.45) is 11.1 Å². The molecule has 2 rings (SSSR count). The number of nitrogens with two attached hydrogens (primary N) is 2. The molecule has 106 valence electrons. The molecule has 2 unspecified atom stereocenters. The maximum Gasteiger partial charge on any atom is 0.240 e. The Morgan fingerprint density at radius 3 is 2.63 bits per heavy atom. The van der Waals surface area contributed by atoms with E-state index in [0.29, 0.717) is 17.3 Å². The molecule has 0 saturated carbocycles. The van der Waals surface area contributed by atoms with Crippen LogP contribution in [0.15, 0.2) is 23.1 Å². The van der Waals surface area contributed by atoms with Crippen molar-refractivity contribution in [2.75, 3.05) is 17.2 Å². The monoisotopic (exact) mass is 283 g/mol. The van der Waals surface area contributed by atoms with Gasteiger partial charge in [-0.3, -0.25) is 0 Å². The Morgan fingerprint density at radius 2 is 2.00 bits per heavy atom. The van der Waals surface area contributed by atoms with Crippen LogP contribution in [0.3, 0.4) is 0 Å². The quantitative estimate of drug-likeness (QED) is 0.806. The van der Waals surface area contributed by atoms with Crippen LogP contribution in [0, 0.1) is 5.92 Å². The highest BCUT2D eigenvalue weighted by molar-refractivity contribution is 7.89. The molecule has 0 aliphatic carbocycles. The molecule has 1 aromatic carbocycles. The first-order valence-corrected chi connectivity index (χ1v) is 8.04. The molecule has 5 nitrogen and oxygen atoms in total. The average Bonchev–Trinajstić information content (AvgIpc) is 2.32. The number of hydrogen-bond acceptors (Lipinski definition) is 4. The van der Waals surface area contributed by atoms with Crippen LogP contribution in [0.25, 0.3) is 0 Å². The highest BCUT2D eigenvalue weighted by Crippen LogP contribution is 2.33. The second-order valence-electron chi connectivity index (χ2n) is 5.33. The molecule has 1 heterocycles. The lowest BCUT2D eigenvalue weighted by Crippen LogP contribution is -2.43. The Hall–Kier alpha value is -1.27. The summed E-state index contributed by atoms with van der Waals surface area (Å²) in [6, 6.07) is 5.20. The van der Waals surface area contributed by atoms with Crippen molar-refractivity contribution < 1.29 is 8.42 Å². The van der Waals surface area contributed by atoms with Crippen molar-refractivity contribution >= 4 is 21.4 Å². The number of hydrogen-bond donors (Lipinski definition) is 2. The van der Waals surface area contributed by atoms with Gasteiger partial charge in [0.25, 0.3) is 0 Å². The maximum atomic E-state index is 11.7. The molecule has 0 radical (unpaired) electrons. The highest BCUT2D eigenvalue weighted by Gasteiger charge is 2.28. The fraction of sp³-hybridized carbons (Fsp3) is 0.538. The van der Waals surface area contributed by atoms with E-state index in [0.717, 1.165) is 19.4 Å². The zero-order valence-corrected chi connectivity index (χ0v) is 12.2. The molecule has 0 spiro atoms. The van der Waals surface area contributed by atoms with Crippen LogP contribution in [0.1, 0.15) is 26.7 Å². The molecule has 2 atom stereocenters. The summed E-state index contributed by atoms with van der Waals surface area (Å²) in [5.41, 5.74) is 6.75. The molecule has 0 amide bonds. The van der Waals surface area contributed by atoms with Crippen LogP contribution >= 0.6 is 0 Å². The van der Waals surface area contributed by atoms with E-state index in [1.54, 1.807) is 12.1 Å². The average molecular weight is 283 g/mol. The van der Waals surface area contributed by atoms with Crippen LogP contribution in [0.4, 0.5) is 11.4 Å². The lowest BCUT2D eigenvalue weighted by molar-refractivity contribution is 0.362. The molecule has 1 aliphatic heterocycles. The molecule has 1 aromatic rings. The predicted molar refractivity (Wildman–Crippen MR) is 77.4 cm³/mol. The topological polar surface area (TPSA) is 89.4 Å². The summed E-state index contributed by atoms with van der Waals surface area (Å²) in [5, 5.41) is 5.30. The minimum Gasteiger partial charge on any atom is -0.399 e. The van der Waals surface area contributed by atoms with E-state index >= 15 is 0 Å². The summed E-state index contributed by atoms with van der Waals surface area (Å²) >= 11 is 0. The highest BCUT2D eigenvalue weighted by atomic mass is 32.2. The number of piperidine rings is 1. The van der Waals surface area contributed by atoms with Crippen molar-refractivity contribution in [1.82, 2.24) is 0 Å². The first-order valence-electron chi connectivity index (χ1n) is 6.49. The molecule has 1 fully saturated rings. The molecule has 0 aromatic heterocycles. The largest absolute Gasteiger partial charge is 0.399 e. The number of anilines is 2. The first-order chi connectivity index (χ1) is 8.80. The van der Waals surface area contributed by atoms with Crippen molar-refractivity contribution in [3.63, 3.8) is 0 Å². The van der Waals surface area contributed by atoms with Crippen LogP contribution in [-0.2, 0) is 10.0 Å². The number of rotatable bonds is 2. The van der Waals surface area contributed by atoms with Gasteiger partial charge in [-0.2, -0.15) is 0 Å². The van der Waals surface area contributed by atoms with E-state index in [1.807, 2.05) is 0 Å². The Balaban J connectivity index is 2.50. The number of nitrogens with zero attached hydrogens (tertiary/aromatic N) is 1. The van der Waals surface area contributed by atoms with Crippen molar-refractivity contribution in [1.29, 1.82) is 0 Å². The molecule has 6 heteroatoms. The third-order valence-corrected chi connectivity index (χ3v) is 4.91. The Kier molecular flexibility index (Phi) is 3.73. The molecule has 4 N–H and O–H groups in total. The molecule has 1 saturated heterocycles. The fourth-order valence-corrected chi connectivity index (χ4v) is 3.45. The number of nitrogen functional groups attached to an aromatic ring is 1. The predicted octanol–water partition coefficient (Wildman–Crippen LogP) is 1.54. The van der Waals surface area contributed by atoms with E-state index in [-0.39, 0.29) is 10.9 Å². The van der Waals surface area contributed by atoms with E-state index in [9.17, 15) is 8.42 Å². The van der Waals surface area contributed by atoms with Crippen LogP contribution < -0.4 is 15.8 Å². The molecule has 1 aliphatic rings.